The number of fused-ring (bicyclic) bond motifs is 11. The van der Waals surface area contributed by atoms with Gasteiger partial charge in [0, 0.05) is 27.0 Å². The minimum atomic E-state index is 0.123. The van der Waals surface area contributed by atoms with Gasteiger partial charge in [0.05, 0.1) is 15.9 Å². The Morgan fingerprint density at radius 2 is 1.54 bits per heavy atom. The van der Waals surface area contributed by atoms with E-state index in [0.717, 1.165) is 35.4 Å². The molecule has 0 N–H and O–H groups in total. The number of allylic oxidation sites excluding steroid dienone is 8. The molecular formula is C49H42N2S. The molecule has 5 aliphatic carbocycles. The van der Waals surface area contributed by atoms with Gasteiger partial charge in [-0.05, 0) is 99.2 Å². The fourth-order valence-electron chi connectivity index (χ4n) is 10.6. The van der Waals surface area contributed by atoms with Crippen LogP contribution in [0.1, 0.15) is 92.8 Å². The largest absolute Gasteiger partial charge is 0.227 e. The van der Waals surface area contributed by atoms with Gasteiger partial charge in [-0.15, -0.1) is 11.3 Å². The fraction of sp³-hybridized carbons (Fsp3) is 0.265. The van der Waals surface area contributed by atoms with E-state index >= 15 is 0 Å². The van der Waals surface area contributed by atoms with E-state index < -0.39 is 0 Å². The van der Waals surface area contributed by atoms with E-state index in [1.54, 1.807) is 11.1 Å². The quantitative estimate of drug-likeness (QED) is 0.185. The van der Waals surface area contributed by atoms with E-state index in [1.165, 1.54) is 85.9 Å². The Bertz CT molecular complexity index is 2580. The Kier molecular flexibility index (Phi) is 6.69. The summed E-state index contributed by atoms with van der Waals surface area (Å²) < 4.78 is 2.43. The zero-order chi connectivity index (χ0) is 34.6. The second-order valence-electron chi connectivity index (χ2n) is 16.3. The van der Waals surface area contributed by atoms with Gasteiger partial charge in [-0.2, -0.15) is 0 Å². The van der Waals surface area contributed by atoms with Gasteiger partial charge in [0.2, 0.25) is 0 Å². The lowest BCUT2D eigenvalue weighted by Gasteiger charge is -2.40. The Morgan fingerprint density at radius 1 is 0.750 bits per heavy atom. The fourth-order valence-corrected chi connectivity index (χ4v) is 11.8. The molecule has 3 heteroatoms. The molecule has 2 heterocycles. The highest BCUT2D eigenvalue weighted by Crippen LogP contribution is 2.63. The summed E-state index contributed by atoms with van der Waals surface area (Å²) in [7, 11) is 0. The van der Waals surface area contributed by atoms with Crippen molar-refractivity contribution < 1.29 is 0 Å². The highest BCUT2D eigenvalue weighted by Gasteiger charge is 2.52. The average Bonchev–Trinajstić information content (AvgIpc) is 3.78. The first-order chi connectivity index (χ1) is 25.5. The van der Waals surface area contributed by atoms with Gasteiger partial charge in [0.1, 0.15) is 0 Å². The molecule has 0 amide bonds. The number of nitrogens with zero attached hydrogens (tertiary/aromatic N) is 2. The van der Waals surface area contributed by atoms with Gasteiger partial charge in [-0.3, -0.25) is 0 Å². The molecular weight excluding hydrogens is 649 g/mol. The maximum atomic E-state index is 5.27. The summed E-state index contributed by atoms with van der Waals surface area (Å²) in [5.41, 5.74) is 16.6. The van der Waals surface area contributed by atoms with E-state index in [-0.39, 0.29) is 10.8 Å². The Balaban J connectivity index is 1.01. The summed E-state index contributed by atoms with van der Waals surface area (Å²) in [6.07, 6.45) is 20.5. The number of hydrogen-bond donors (Lipinski definition) is 0. The van der Waals surface area contributed by atoms with Crippen LogP contribution in [0.3, 0.4) is 0 Å². The molecule has 6 aromatic rings. The van der Waals surface area contributed by atoms with E-state index in [9.17, 15) is 0 Å². The molecule has 0 saturated heterocycles. The van der Waals surface area contributed by atoms with Crippen LogP contribution in [0, 0.1) is 5.92 Å². The van der Waals surface area contributed by atoms with Crippen LogP contribution in [-0.4, -0.2) is 9.97 Å². The molecule has 11 rings (SSSR count). The van der Waals surface area contributed by atoms with Crippen molar-refractivity contribution in [1.29, 1.82) is 0 Å². The highest BCUT2D eigenvalue weighted by molar-refractivity contribution is 7.26. The molecule has 52 heavy (non-hydrogen) atoms. The summed E-state index contributed by atoms with van der Waals surface area (Å²) in [5, 5.41) is 1.22. The predicted molar refractivity (Wildman–Crippen MR) is 219 cm³/mol. The van der Waals surface area contributed by atoms with E-state index in [0.29, 0.717) is 11.8 Å². The van der Waals surface area contributed by atoms with Gasteiger partial charge in [0.25, 0.3) is 0 Å². The van der Waals surface area contributed by atoms with E-state index in [1.807, 2.05) is 11.3 Å². The summed E-state index contributed by atoms with van der Waals surface area (Å²) in [4.78, 5) is 10.4. The Labute approximate surface area is 310 Å². The molecule has 254 valence electrons. The lowest BCUT2D eigenvalue weighted by molar-refractivity contribution is 0.340. The second-order valence-corrected chi connectivity index (χ2v) is 17.4. The number of hydrogen-bond acceptors (Lipinski definition) is 3. The highest BCUT2D eigenvalue weighted by atomic mass is 32.1. The van der Waals surface area contributed by atoms with Crippen LogP contribution >= 0.6 is 11.3 Å². The van der Waals surface area contributed by atoms with Crippen LogP contribution in [0.5, 0.6) is 0 Å². The average molecular weight is 691 g/mol. The Hall–Kier alpha value is -4.86. The van der Waals surface area contributed by atoms with Gasteiger partial charge in [-0.25, -0.2) is 9.97 Å². The molecule has 0 radical (unpaired) electrons. The van der Waals surface area contributed by atoms with Gasteiger partial charge in [-0.1, -0.05) is 142 Å². The third-order valence-electron chi connectivity index (χ3n) is 13.3. The van der Waals surface area contributed by atoms with Gasteiger partial charge in [0.15, 0.2) is 5.82 Å². The molecule has 5 aliphatic rings. The molecule has 2 atom stereocenters. The zero-order valence-corrected chi connectivity index (χ0v) is 30.8. The van der Waals surface area contributed by atoms with Crippen molar-refractivity contribution in [3.63, 3.8) is 0 Å². The van der Waals surface area contributed by atoms with Crippen LogP contribution in [0.4, 0.5) is 0 Å². The molecule has 1 fully saturated rings. The molecule has 1 saturated carbocycles. The number of thiophene rings is 1. The third-order valence-corrected chi connectivity index (χ3v) is 14.4. The normalized spacial score (nSPS) is 22.1. The standard InChI is InChI=1S/C49H42N2S/c1-48(2)39-17-9-7-15-34(39)37-28-38-35-24-23-33(27-41(35)49(25-11-4-12-26-49)42(38)29-40(37)48)30-19-21-31(22-20-30)44-46-45(36-16-8-10-18-43(36)52-46)51-47(50-44)32-13-5-3-6-14-32/h3,5,7-10,13,15-24,27-29,37,40H,4,6,11-12,14,25-26H2,1-2H3. The van der Waals surface area contributed by atoms with Crippen molar-refractivity contribution in [1.82, 2.24) is 9.97 Å². The van der Waals surface area contributed by atoms with Crippen molar-refractivity contribution in [2.24, 2.45) is 5.92 Å². The number of benzene rings is 4. The van der Waals surface area contributed by atoms with Gasteiger partial charge >= 0.3 is 0 Å². The molecule has 0 bridgehead atoms. The van der Waals surface area contributed by atoms with Crippen molar-refractivity contribution in [3.8, 4) is 22.4 Å². The third kappa shape index (κ3) is 4.35. The number of rotatable bonds is 3. The molecule has 2 aromatic heterocycles. The number of aromatic nitrogens is 2. The maximum absolute atomic E-state index is 5.27. The zero-order valence-electron chi connectivity index (χ0n) is 30.0. The SMILES string of the molecule is CC1(C)c2ccccc2C2C=C3C(=CC21)C1(CCCCC1)c1cc(-c2ccc(-c4nc(C5=CC=CCC5)nc5c4sc4ccccc45)cc2)ccc13. The second kappa shape index (κ2) is 11.3. The Morgan fingerprint density at radius 3 is 2.38 bits per heavy atom. The maximum Gasteiger partial charge on any atom is 0.156 e. The molecule has 2 nitrogen and oxygen atoms in total. The minimum absolute atomic E-state index is 0.123. The minimum Gasteiger partial charge on any atom is -0.227 e. The first kappa shape index (κ1) is 30.7. The molecule has 4 aromatic carbocycles. The summed E-state index contributed by atoms with van der Waals surface area (Å²) in [6, 6.07) is 34.5. The van der Waals surface area contributed by atoms with Crippen molar-refractivity contribution in [2.45, 2.75) is 75.5 Å². The van der Waals surface area contributed by atoms with E-state index in [2.05, 4.69) is 135 Å². The van der Waals surface area contributed by atoms with Gasteiger partial charge < -0.3 is 0 Å². The lowest BCUT2D eigenvalue weighted by Crippen LogP contribution is -2.32. The van der Waals surface area contributed by atoms with Crippen molar-refractivity contribution in [2.75, 3.05) is 0 Å². The summed E-state index contributed by atoms with van der Waals surface area (Å²) in [6.45, 7) is 4.95. The lowest BCUT2D eigenvalue weighted by atomic mass is 9.64. The van der Waals surface area contributed by atoms with Crippen molar-refractivity contribution >= 4 is 42.8 Å². The smallest absolute Gasteiger partial charge is 0.156 e. The van der Waals surface area contributed by atoms with Crippen LogP contribution in [-0.2, 0) is 10.8 Å². The molecule has 2 unspecified atom stereocenters. The van der Waals surface area contributed by atoms with Crippen LogP contribution in [0.25, 0.3) is 53.8 Å². The first-order valence-electron chi connectivity index (χ1n) is 19.3. The summed E-state index contributed by atoms with van der Waals surface area (Å²) in [5.74, 6) is 1.81. The van der Waals surface area contributed by atoms with E-state index in [4.69, 9.17) is 9.97 Å². The molecule has 0 aliphatic heterocycles. The summed E-state index contributed by atoms with van der Waals surface area (Å²) >= 11 is 1.81. The van der Waals surface area contributed by atoms with Crippen LogP contribution in [0.15, 0.2) is 127 Å². The van der Waals surface area contributed by atoms with Crippen LogP contribution < -0.4 is 0 Å². The monoisotopic (exact) mass is 690 g/mol. The first-order valence-corrected chi connectivity index (χ1v) is 20.2. The predicted octanol–water partition coefficient (Wildman–Crippen LogP) is 13.1. The molecule has 1 spiro atoms. The van der Waals surface area contributed by atoms with Crippen LogP contribution in [0.2, 0.25) is 0 Å². The topological polar surface area (TPSA) is 25.8 Å². The van der Waals surface area contributed by atoms with Crippen molar-refractivity contribution in [3.05, 3.63) is 155 Å².